The fourth-order valence-electron chi connectivity index (χ4n) is 8.50. The van der Waals surface area contributed by atoms with E-state index in [2.05, 4.69) is 15.4 Å². The third-order valence-electron chi connectivity index (χ3n) is 10.9. The summed E-state index contributed by atoms with van der Waals surface area (Å²) in [5.74, 6) is -1.07. The number of fused-ring (bicyclic) bond motifs is 3. The monoisotopic (exact) mass is 716 g/mol. The van der Waals surface area contributed by atoms with Gasteiger partial charge >= 0.3 is 0 Å². The molecule has 0 radical (unpaired) electrons. The largest absolute Gasteiger partial charge is 0.395 e. The van der Waals surface area contributed by atoms with Crippen molar-refractivity contribution in [2.75, 3.05) is 11.5 Å². The van der Waals surface area contributed by atoms with E-state index < -0.39 is 31.6 Å². The number of amides is 1. The summed E-state index contributed by atoms with van der Waals surface area (Å²) in [7, 11) is -3.44. The minimum Gasteiger partial charge on any atom is -0.395 e. The quantitative estimate of drug-likeness (QED) is 0.124. The molecule has 0 saturated carbocycles. The number of para-hydroxylation sites is 1. The summed E-state index contributed by atoms with van der Waals surface area (Å²) in [5.41, 5.74) is 2.92. The van der Waals surface area contributed by atoms with E-state index in [1.54, 1.807) is 28.7 Å². The Morgan fingerprint density at radius 1 is 0.981 bits per heavy atom. The lowest BCUT2D eigenvalue weighted by Gasteiger charge is -2.31. The molecule has 12 heteroatoms. The van der Waals surface area contributed by atoms with Crippen molar-refractivity contribution in [3.8, 4) is 5.69 Å². The van der Waals surface area contributed by atoms with E-state index in [9.17, 15) is 14.7 Å². The summed E-state index contributed by atoms with van der Waals surface area (Å²) >= 11 is 0. The first kappa shape index (κ1) is 33.9. The molecule has 266 valence electrons. The average Bonchev–Trinajstić information content (AvgIpc) is 3.89. The highest BCUT2D eigenvalue weighted by atomic mass is 28.4. The number of nitrogens with one attached hydrogen (secondary N) is 1. The predicted octanol–water partition coefficient (Wildman–Crippen LogP) is 6.45. The van der Waals surface area contributed by atoms with Gasteiger partial charge in [0.1, 0.15) is 0 Å². The van der Waals surface area contributed by atoms with Gasteiger partial charge in [-0.2, -0.15) is 0 Å². The molecule has 4 heterocycles. The normalized spacial score (nSPS) is 22.1. The molecule has 2 aliphatic rings. The predicted molar refractivity (Wildman–Crippen MR) is 200 cm³/mol. The van der Waals surface area contributed by atoms with E-state index in [0.717, 1.165) is 11.1 Å². The number of aromatic amines is 1. The van der Waals surface area contributed by atoms with Crippen molar-refractivity contribution >= 4 is 30.9 Å². The first-order valence-corrected chi connectivity index (χ1v) is 20.7. The average molecular weight is 717 g/mol. The molecule has 1 saturated heterocycles. The van der Waals surface area contributed by atoms with E-state index in [-0.39, 0.29) is 24.0 Å². The second kappa shape index (κ2) is 13.1. The summed E-state index contributed by atoms with van der Waals surface area (Å²) in [6.07, 6.45) is 1.62. The fraction of sp³-hybridized carbons (Fsp3) is 0.300. The first-order chi connectivity index (χ1) is 25.1. The highest BCUT2D eigenvalue weighted by Gasteiger charge is 2.66. The van der Waals surface area contributed by atoms with Crippen LogP contribution in [0.15, 0.2) is 114 Å². The highest BCUT2D eigenvalue weighted by Crippen LogP contribution is 2.60. The molecule has 1 amide bonds. The SMILES string of the molecule is C[C@@H]1[C@@H]([Si](C)(C)F)[C@H](CCn2cc(C(CO)c3ccccc3)nn2)O[C@@]12C(=O)N(Cc1ccccc1)c1ccc(-n3[nH]c4ccccc4c3=O)cc12. The zero-order chi connectivity index (χ0) is 36.2. The molecular weight excluding hydrogens is 676 g/mol. The van der Waals surface area contributed by atoms with Gasteiger partial charge in [0.2, 0.25) is 8.41 Å². The number of carbonyl (C=O) groups excluding carboxylic acids is 1. The van der Waals surface area contributed by atoms with Crippen molar-refractivity contribution in [2.45, 2.75) is 62.7 Å². The van der Waals surface area contributed by atoms with Gasteiger partial charge in [0.25, 0.3) is 11.5 Å². The summed E-state index contributed by atoms with van der Waals surface area (Å²) in [5, 5.41) is 22.7. The maximum absolute atomic E-state index is 16.6. The molecule has 2 N–H and O–H groups in total. The molecule has 10 nitrogen and oxygen atoms in total. The number of aliphatic hydroxyl groups is 1. The van der Waals surface area contributed by atoms with Gasteiger partial charge in [0.05, 0.1) is 53.1 Å². The third-order valence-corrected chi connectivity index (χ3v) is 13.4. The number of halogens is 1. The Kier molecular flexibility index (Phi) is 8.55. The number of carbonyl (C=O) groups is 1. The second-order valence-corrected chi connectivity index (χ2v) is 18.3. The van der Waals surface area contributed by atoms with Crippen LogP contribution >= 0.6 is 0 Å². The van der Waals surface area contributed by atoms with Crippen LogP contribution in [0.1, 0.15) is 41.6 Å². The van der Waals surface area contributed by atoms with Gasteiger partial charge in [-0.25, -0.2) is 4.68 Å². The van der Waals surface area contributed by atoms with Crippen LogP contribution in [0.5, 0.6) is 0 Å². The summed E-state index contributed by atoms with van der Waals surface area (Å²) < 4.78 is 26.8. The number of nitrogens with zero attached hydrogens (tertiary/aromatic N) is 5. The number of rotatable bonds is 10. The van der Waals surface area contributed by atoms with Crippen LogP contribution in [0.2, 0.25) is 18.6 Å². The number of hydrogen-bond donors (Lipinski definition) is 2. The van der Waals surface area contributed by atoms with E-state index >= 15 is 4.11 Å². The van der Waals surface area contributed by atoms with Crippen LogP contribution in [0.4, 0.5) is 9.80 Å². The summed E-state index contributed by atoms with van der Waals surface area (Å²) in [6.45, 7) is 5.89. The Hall–Kier alpha value is -5.17. The topological polar surface area (TPSA) is 118 Å². The van der Waals surface area contributed by atoms with E-state index in [0.29, 0.717) is 53.0 Å². The van der Waals surface area contributed by atoms with Crippen molar-refractivity contribution < 1.29 is 18.7 Å². The molecule has 2 aromatic heterocycles. The molecule has 5 atom stereocenters. The molecule has 0 aliphatic carbocycles. The lowest BCUT2D eigenvalue weighted by Crippen LogP contribution is -2.45. The number of anilines is 1. The Labute approximate surface area is 301 Å². The van der Waals surface area contributed by atoms with Gasteiger partial charge in [0, 0.05) is 29.8 Å². The number of benzene rings is 4. The van der Waals surface area contributed by atoms with Crippen molar-refractivity contribution in [1.82, 2.24) is 24.8 Å². The molecule has 6 aromatic rings. The van der Waals surface area contributed by atoms with Crippen molar-refractivity contribution in [1.29, 1.82) is 0 Å². The lowest BCUT2D eigenvalue weighted by molar-refractivity contribution is -0.146. The van der Waals surface area contributed by atoms with Crippen LogP contribution in [-0.2, 0) is 28.2 Å². The van der Waals surface area contributed by atoms with Gasteiger partial charge in [-0.05, 0) is 61.0 Å². The number of hydrogen-bond acceptors (Lipinski definition) is 6. The smallest absolute Gasteiger partial charge is 0.279 e. The Morgan fingerprint density at radius 3 is 2.40 bits per heavy atom. The van der Waals surface area contributed by atoms with E-state index in [1.165, 1.54) is 4.68 Å². The molecule has 52 heavy (non-hydrogen) atoms. The molecule has 4 aromatic carbocycles. The van der Waals surface area contributed by atoms with Crippen LogP contribution in [0.3, 0.4) is 0 Å². The molecule has 1 fully saturated rings. The van der Waals surface area contributed by atoms with Gasteiger partial charge < -0.3 is 18.9 Å². The van der Waals surface area contributed by atoms with E-state index in [4.69, 9.17) is 4.74 Å². The van der Waals surface area contributed by atoms with Gasteiger partial charge in [-0.3, -0.25) is 19.4 Å². The third kappa shape index (κ3) is 5.62. The zero-order valence-electron chi connectivity index (χ0n) is 29.3. The van der Waals surface area contributed by atoms with Crippen molar-refractivity contribution in [3.05, 3.63) is 142 Å². The van der Waals surface area contributed by atoms with Gasteiger partial charge in [-0.1, -0.05) is 84.9 Å². The standard InChI is InChI=1S/C40H41FN6O4Si/c1-26-37(52(2,3)41)36(20-21-45-24-34(42-44-45)31(25-48)28-14-8-5-9-15-28)51-40(26)32-22-29(47-38(49)30-16-10-11-17-33(30)43-47)18-19-35(32)46(39(40)50)23-27-12-6-4-7-13-27/h4-19,22,24,26,31,36-37,43,48H,20-21,23,25H2,1-3H3/t26-,31?,36+,37-,40+/m1/s1. The van der Waals surface area contributed by atoms with E-state index in [1.807, 2.05) is 110 Å². The lowest BCUT2D eigenvalue weighted by atomic mass is 9.82. The Balaban J connectivity index is 1.17. The number of aliphatic hydroxyl groups excluding tert-OH is 1. The van der Waals surface area contributed by atoms with Crippen molar-refractivity contribution in [2.24, 2.45) is 5.92 Å². The molecule has 0 bridgehead atoms. The van der Waals surface area contributed by atoms with Crippen LogP contribution in [0, 0.1) is 5.92 Å². The highest BCUT2D eigenvalue weighted by molar-refractivity contribution is 6.72. The Bertz CT molecular complexity index is 2300. The minimum absolute atomic E-state index is 0.119. The van der Waals surface area contributed by atoms with Crippen LogP contribution in [0.25, 0.3) is 16.6 Å². The van der Waals surface area contributed by atoms with Crippen LogP contribution in [-0.4, -0.2) is 56.9 Å². The summed E-state index contributed by atoms with van der Waals surface area (Å²) in [6, 6.07) is 32.3. The molecule has 1 unspecified atom stereocenters. The summed E-state index contributed by atoms with van der Waals surface area (Å²) in [4.78, 5) is 30.2. The number of ether oxygens (including phenoxy) is 1. The molecule has 8 rings (SSSR count). The molecule has 2 aliphatic heterocycles. The Morgan fingerprint density at radius 2 is 1.69 bits per heavy atom. The maximum Gasteiger partial charge on any atom is 0.279 e. The zero-order valence-corrected chi connectivity index (χ0v) is 30.3. The van der Waals surface area contributed by atoms with Crippen molar-refractivity contribution in [3.63, 3.8) is 0 Å². The first-order valence-electron chi connectivity index (χ1n) is 17.7. The number of aryl methyl sites for hydroxylation is 1. The molecular formula is C40H41FN6O4Si. The molecule has 1 spiro atoms. The minimum atomic E-state index is -3.44. The van der Waals surface area contributed by atoms with Gasteiger partial charge in [0.15, 0.2) is 5.60 Å². The number of aromatic nitrogens is 5. The maximum atomic E-state index is 16.6. The fourth-order valence-corrected chi connectivity index (χ4v) is 11.0. The second-order valence-electron chi connectivity index (χ2n) is 14.5. The van der Waals surface area contributed by atoms with Gasteiger partial charge in [-0.15, -0.1) is 5.10 Å². The van der Waals surface area contributed by atoms with Crippen LogP contribution < -0.4 is 10.5 Å². The number of H-pyrrole nitrogens is 1.